The fourth-order valence-electron chi connectivity index (χ4n) is 2.56. The van der Waals surface area contributed by atoms with Crippen molar-refractivity contribution in [3.8, 4) is 0 Å². The Morgan fingerprint density at radius 3 is 2.65 bits per heavy atom. The van der Waals surface area contributed by atoms with Crippen LogP contribution >= 0.6 is 0 Å². The zero-order chi connectivity index (χ0) is 14.9. The number of carbonyl (C=O) groups is 1. The molecule has 0 amide bonds. The third kappa shape index (κ3) is 2.74. The fraction of sp³-hybridized carbons (Fsp3) is 0.500. The molecule has 0 saturated carbocycles. The van der Waals surface area contributed by atoms with Gasteiger partial charge >= 0.3 is 5.97 Å². The van der Waals surface area contributed by atoms with Gasteiger partial charge in [-0.3, -0.25) is 10.1 Å². The summed E-state index contributed by atoms with van der Waals surface area (Å²) in [4.78, 5) is 23.6. The van der Waals surface area contributed by atoms with E-state index in [0.29, 0.717) is 17.5 Å². The first kappa shape index (κ1) is 14.3. The van der Waals surface area contributed by atoms with Gasteiger partial charge in [0, 0.05) is 25.2 Å². The largest absolute Gasteiger partial charge is 0.478 e. The summed E-state index contributed by atoms with van der Waals surface area (Å²) >= 11 is 0. The zero-order valence-corrected chi connectivity index (χ0v) is 11.6. The molecule has 1 heterocycles. The summed E-state index contributed by atoms with van der Waals surface area (Å²) in [6.45, 7) is 5.75. The molecule has 2 unspecified atom stereocenters. The van der Waals surface area contributed by atoms with Crippen molar-refractivity contribution in [2.45, 2.75) is 20.3 Å². The molecule has 6 heteroatoms. The molecule has 1 aromatic carbocycles. The van der Waals surface area contributed by atoms with Gasteiger partial charge in [0.1, 0.15) is 0 Å². The van der Waals surface area contributed by atoms with Crippen LogP contribution in [0.25, 0.3) is 0 Å². The van der Waals surface area contributed by atoms with Crippen LogP contribution in [0.5, 0.6) is 0 Å². The van der Waals surface area contributed by atoms with Crippen LogP contribution in [0.1, 0.15) is 30.6 Å². The van der Waals surface area contributed by atoms with Crippen LogP contribution in [0.15, 0.2) is 18.2 Å². The molecule has 1 aliphatic heterocycles. The number of nitro groups is 1. The minimum atomic E-state index is -1.05. The van der Waals surface area contributed by atoms with Crippen LogP contribution < -0.4 is 4.90 Å². The van der Waals surface area contributed by atoms with E-state index in [9.17, 15) is 20.0 Å². The van der Waals surface area contributed by atoms with Gasteiger partial charge in [0.25, 0.3) is 5.69 Å². The minimum Gasteiger partial charge on any atom is -0.478 e. The van der Waals surface area contributed by atoms with E-state index in [1.54, 1.807) is 0 Å². The Balaban J connectivity index is 2.39. The summed E-state index contributed by atoms with van der Waals surface area (Å²) in [5, 5.41) is 20.1. The Labute approximate surface area is 117 Å². The monoisotopic (exact) mass is 278 g/mol. The number of hydrogen-bond donors (Lipinski definition) is 1. The highest BCUT2D eigenvalue weighted by molar-refractivity contribution is 5.95. The van der Waals surface area contributed by atoms with E-state index in [-0.39, 0.29) is 11.3 Å². The maximum absolute atomic E-state index is 11.3. The first-order valence-electron chi connectivity index (χ1n) is 6.67. The van der Waals surface area contributed by atoms with Gasteiger partial charge in [0.15, 0.2) is 0 Å². The van der Waals surface area contributed by atoms with Crippen molar-refractivity contribution in [2.75, 3.05) is 18.0 Å². The van der Waals surface area contributed by atoms with Gasteiger partial charge in [-0.2, -0.15) is 0 Å². The number of carboxylic acid groups (broad SMARTS) is 1. The molecule has 6 nitrogen and oxygen atoms in total. The average Bonchev–Trinajstić information content (AvgIpc) is 2.41. The highest BCUT2D eigenvalue weighted by Crippen LogP contribution is 2.31. The van der Waals surface area contributed by atoms with E-state index in [0.717, 1.165) is 19.5 Å². The lowest BCUT2D eigenvalue weighted by molar-refractivity contribution is -0.384. The summed E-state index contributed by atoms with van der Waals surface area (Å²) in [5.74, 6) is -0.0379. The van der Waals surface area contributed by atoms with Crippen LogP contribution in [-0.2, 0) is 0 Å². The molecule has 0 aliphatic carbocycles. The molecular weight excluding hydrogens is 260 g/mol. The van der Waals surface area contributed by atoms with Crippen LogP contribution in [0.4, 0.5) is 11.4 Å². The third-order valence-corrected chi connectivity index (χ3v) is 4.10. The normalized spacial score (nSPS) is 22.6. The predicted molar refractivity (Wildman–Crippen MR) is 75.2 cm³/mol. The molecule has 1 aromatic rings. The molecule has 0 aromatic heterocycles. The SMILES string of the molecule is CC1CCN(c2cc([N+](=O)[O-])ccc2C(=O)O)CC1C. The average molecular weight is 278 g/mol. The first-order valence-corrected chi connectivity index (χ1v) is 6.67. The Bertz CT molecular complexity index is 544. The predicted octanol–water partition coefficient (Wildman–Crippen LogP) is 2.78. The molecule has 0 radical (unpaired) electrons. The van der Waals surface area contributed by atoms with Crippen LogP contribution in [0, 0.1) is 22.0 Å². The zero-order valence-electron chi connectivity index (χ0n) is 11.6. The third-order valence-electron chi connectivity index (χ3n) is 4.10. The molecule has 108 valence electrons. The molecule has 2 rings (SSSR count). The molecule has 0 spiro atoms. The number of non-ortho nitro benzene ring substituents is 1. The number of aromatic carboxylic acids is 1. The Kier molecular flexibility index (Phi) is 3.92. The number of anilines is 1. The van der Waals surface area contributed by atoms with Gasteiger partial charge in [0.05, 0.1) is 16.2 Å². The first-order chi connectivity index (χ1) is 9.40. The molecule has 0 bridgehead atoms. The highest BCUT2D eigenvalue weighted by Gasteiger charge is 2.26. The van der Waals surface area contributed by atoms with Crippen LogP contribution in [0.2, 0.25) is 0 Å². The summed E-state index contributed by atoms with van der Waals surface area (Å²) in [6, 6.07) is 3.92. The second-order valence-corrected chi connectivity index (χ2v) is 5.45. The highest BCUT2D eigenvalue weighted by atomic mass is 16.6. The van der Waals surface area contributed by atoms with E-state index < -0.39 is 10.9 Å². The number of hydrogen-bond acceptors (Lipinski definition) is 4. The Morgan fingerprint density at radius 2 is 2.10 bits per heavy atom. The maximum atomic E-state index is 11.3. The molecule has 1 fully saturated rings. The van der Waals surface area contributed by atoms with E-state index >= 15 is 0 Å². The molecule has 1 N–H and O–H groups in total. The second-order valence-electron chi connectivity index (χ2n) is 5.45. The van der Waals surface area contributed by atoms with Crippen molar-refractivity contribution in [3.63, 3.8) is 0 Å². The molecular formula is C14H18N2O4. The molecule has 1 aliphatic rings. The molecule has 1 saturated heterocycles. The van der Waals surface area contributed by atoms with Crippen LogP contribution in [0.3, 0.4) is 0 Å². The Hall–Kier alpha value is -2.11. The number of benzene rings is 1. The molecule has 2 atom stereocenters. The summed E-state index contributed by atoms with van der Waals surface area (Å²) in [7, 11) is 0. The lowest BCUT2D eigenvalue weighted by Crippen LogP contribution is -2.39. The van der Waals surface area contributed by atoms with Crippen molar-refractivity contribution >= 4 is 17.3 Å². The van der Waals surface area contributed by atoms with Crippen molar-refractivity contribution < 1.29 is 14.8 Å². The van der Waals surface area contributed by atoms with E-state index in [1.165, 1.54) is 18.2 Å². The lowest BCUT2D eigenvalue weighted by atomic mass is 9.88. The lowest BCUT2D eigenvalue weighted by Gasteiger charge is -2.37. The minimum absolute atomic E-state index is 0.0729. The summed E-state index contributed by atoms with van der Waals surface area (Å²) in [6.07, 6.45) is 0.961. The van der Waals surface area contributed by atoms with Gasteiger partial charge in [-0.25, -0.2) is 4.79 Å². The van der Waals surface area contributed by atoms with Crippen molar-refractivity contribution in [1.29, 1.82) is 0 Å². The number of nitro benzene ring substituents is 1. The van der Waals surface area contributed by atoms with Gasteiger partial charge < -0.3 is 10.0 Å². The van der Waals surface area contributed by atoms with Gasteiger partial charge in [-0.15, -0.1) is 0 Å². The summed E-state index contributed by atoms with van der Waals surface area (Å²) in [5.41, 5.74) is 0.499. The Morgan fingerprint density at radius 1 is 1.40 bits per heavy atom. The second kappa shape index (κ2) is 5.48. The fourth-order valence-corrected chi connectivity index (χ4v) is 2.56. The van der Waals surface area contributed by atoms with E-state index in [2.05, 4.69) is 13.8 Å². The van der Waals surface area contributed by atoms with E-state index in [1.807, 2.05) is 4.90 Å². The smallest absolute Gasteiger partial charge is 0.337 e. The number of nitrogens with zero attached hydrogens (tertiary/aromatic N) is 2. The van der Waals surface area contributed by atoms with Gasteiger partial charge in [-0.05, 0) is 24.3 Å². The standard InChI is InChI=1S/C14H18N2O4/c1-9-5-6-15(8-10(9)2)13-7-11(16(19)20)3-4-12(13)14(17)18/h3-4,7,9-10H,5-6,8H2,1-2H3,(H,17,18). The molecule has 20 heavy (non-hydrogen) atoms. The number of piperidine rings is 1. The topological polar surface area (TPSA) is 83.7 Å². The van der Waals surface area contributed by atoms with Crippen molar-refractivity contribution in [1.82, 2.24) is 0 Å². The van der Waals surface area contributed by atoms with Gasteiger partial charge in [0.2, 0.25) is 0 Å². The van der Waals surface area contributed by atoms with Crippen molar-refractivity contribution in [2.24, 2.45) is 11.8 Å². The van der Waals surface area contributed by atoms with Crippen LogP contribution in [-0.4, -0.2) is 29.1 Å². The summed E-state index contributed by atoms with van der Waals surface area (Å²) < 4.78 is 0. The quantitative estimate of drug-likeness (QED) is 0.679. The number of rotatable bonds is 3. The number of carboxylic acids is 1. The maximum Gasteiger partial charge on any atom is 0.337 e. The van der Waals surface area contributed by atoms with Gasteiger partial charge in [-0.1, -0.05) is 13.8 Å². The van der Waals surface area contributed by atoms with E-state index in [4.69, 9.17) is 0 Å². The van der Waals surface area contributed by atoms with Crippen molar-refractivity contribution in [3.05, 3.63) is 33.9 Å².